The Morgan fingerprint density at radius 1 is 1.00 bits per heavy atom. The summed E-state index contributed by atoms with van der Waals surface area (Å²) in [5.74, 6) is 2.26. The highest BCUT2D eigenvalue weighted by Gasteiger charge is 2.13. The first-order valence-electron chi connectivity index (χ1n) is 9.52. The molecule has 0 aliphatic heterocycles. The summed E-state index contributed by atoms with van der Waals surface area (Å²) in [6.45, 7) is 0.592. The molecule has 0 aliphatic carbocycles. The number of thiol groups is 1. The predicted octanol–water partition coefficient (Wildman–Crippen LogP) is 5.70. The number of hydrogen-bond donors (Lipinski definition) is 2. The number of unbranched alkanes of at least 4 members (excludes halogenated alkanes) is 2. The van der Waals surface area contributed by atoms with Crippen molar-refractivity contribution in [3.63, 3.8) is 0 Å². The summed E-state index contributed by atoms with van der Waals surface area (Å²) in [5, 5.41) is 3.61. The molecule has 0 aliphatic rings. The highest BCUT2D eigenvalue weighted by Crippen LogP contribution is 2.37. The van der Waals surface area contributed by atoms with E-state index >= 15 is 0 Å². The number of nitrogens with one attached hydrogen (secondary N) is 1. The lowest BCUT2D eigenvalue weighted by molar-refractivity contribution is 0.286. The van der Waals surface area contributed by atoms with Gasteiger partial charge < -0.3 is 19.5 Å². The number of anilines is 1. The third-order valence-corrected chi connectivity index (χ3v) is 4.80. The van der Waals surface area contributed by atoms with Crippen molar-refractivity contribution in [1.82, 2.24) is 4.98 Å². The molecule has 0 spiro atoms. The number of rotatable bonds is 10. The van der Waals surface area contributed by atoms with E-state index in [1.165, 1.54) is 6.07 Å². The highest BCUT2D eigenvalue weighted by atomic mass is 32.1. The molecule has 3 rings (SSSR count). The fraction of sp³-hybridized carbons (Fsp3) is 0.318. The monoisotopic (exact) mass is 416 g/mol. The van der Waals surface area contributed by atoms with Crippen LogP contribution in [0.4, 0.5) is 10.1 Å². The van der Waals surface area contributed by atoms with Crippen molar-refractivity contribution < 1.29 is 18.6 Å². The summed E-state index contributed by atoms with van der Waals surface area (Å²) in [6.07, 6.45) is 4.70. The Labute approximate surface area is 175 Å². The topological polar surface area (TPSA) is 52.6 Å². The fourth-order valence-electron chi connectivity index (χ4n) is 2.92. The molecule has 0 fully saturated rings. The van der Waals surface area contributed by atoms with E-state index in [0.29, 0.717) is 40.4 Å². The number of halogens is 1. The number of hydrogen-bond acceptors (Lipinski definition) is 6. The van der Waals surface area contributed by atoms with Gasteiger partial charge in [0, 0.05) is 36.5 Å². The Bertz CT molecular complexity index is 968. The molecular formula is C22H25FN2O3S. The molecule has 0 unspecified atom stereocenters. The van der Waals surface area contributed by atoms with Gasteiger partial charge in [0.25, 0.3) is 0 Å². The van der Waals surface area contributed by atoms with Crippen LogP contribution in [0, 0.1) is 5.82 Å². The van der Waals surface area contributed by atoms with Crippen LogP contribution in [-0.2, 0) is 0 Å². The summed E-state index contributed by atoms with van der Waals surface area (Å²) < 4.78 is 31.5. The van der Waals surface area contributed by atoms with Crippen LogP contribution in [0.3, 0.4) is 0 Å². The van der Waals surface area contributed by atoms with Gasteiger partial charge in [0.05, 0.1) is 19.2 Å². The van der Waals surface area contributed by atoms with Crippen molar-refractivity contribution >= 4 is 29.2 Å². The van der Waals surface area contributed by atoms with E-state index in [-0.39, 0.29) is 5.75 Å². The third kappa shape index (κ3) is 5.23. The van der Waals surface area contributed by atoms with Crippen molar-refractivity contribution in [3.8, 4) is 23.0 Å². The van der Waals surface area contributed by atoms with Gasteiger partial charge in [-0.25, -0.2) is 4.39 Å². The van der Waals surface area contributed by atoms with Crippen molar-refractivity contribution in [2.75, 3.05) is 31.8 Å². The smallest absolute Gasteiger partial charge is 0.167 e. The van der Waals surface area contributed by atoms with Gasteiger partial charge in [-0.3, -0.25) is 4.98 Å². The lowest BCUT2D eigenvalue weighted by atomic mass is 10.1. The average Bonchev–Trinajstić information content (AvgIpc) is 2.74. The zero-order valence-corrected chi connectivity index (χ0v) is 17.5. The molecule has 0 radical (unpaired) electrons. The number of nitrogens with zero attached hydrogens (tertiary/aromatic N) is 1. The zero-order valence-electron chi connectivity index (χ0n) is 16.6. The quantitative estimate of drug-likeness (QED) is 0.328. The molecule has 0 amide bonds. The second-order valence-electron chi connectivity index (χ2n) is 6.46. The van der Waals surface area contributed by atoms with Gasteiger partial charge in [-0.05, 0) is 49.3 Å². The Kier molecular flexibility index (Phi) is 7.41. The lowest BCUT2D eigenvalue weighted by Crippen LogP contribution is -2.00. The largest absolute Gasteiger partial charge is 0.493 e. The molecule has 0 atom stereocenters. The maximum absolute atomic E-state index is 14.3. The molecule has 0 saturated carbocycles. The summed E-state index contributed by atoms with van der Waals surface area (Å²) in [6, 6.07) is 10.1. The number of methoxy groups -OCH3 is 1. The Morgan fingerprint density at radius 2 is 1.86 bits per heavy atom. The van der Waals surface area contributed by atoms with Crippen LogP contribution in [0.15, 0.2) is 42.6 Å². The van der Waals surface area contributed by atoms with E-state index in [1.807, 2.05) is 6.07 Å². The van der Waals surface area contributed by atoms with E-state index < -0.39 is 5.82 Å². The van der Waals surface area contributed by atoms with Gasteiger partial charge in [0.15, 0.2) is 23.1 Å². The Balaban J connectivity index is 1.86. The van der Waals surface area contributed by atoms with E-state index in [0.717, 1.165) is 25.0 Å². The maximum atomic E-state index is 14.3. The van der Waals surface area contributed by atoms with Gasteiger partial charge in [0.1, 0.15) is 5.75 Å². The molecule has 1 aromatic heterocycles. The molecule has 3 aromatic rings. The van der Waals surface area contributed by atoms with Crippen LogP contribution >= 0.6 is 12.6 Å². The van der Waals surface area contributed by atoms with E-state index in [1.54, 1.807) is 44.6 Å². The van der Waals surface area contributed by atoms with Crippen LogP contribution in [0.2, 0.25) is 0 Å². The number of pyridine rings is 1. The van der Waals surface area contributed by atoms with Crippen LogP contribution in [0.25, 0.3) is 10.9 Å². The first kappa shape index (κ1) is 21.0. The molecular weight excluding hydrogens is 391 g/mol. The number of ether oxygens (including phenoxy) is 3. The second kappa shape index (κ2) is 10.2. The third-order valence-electron chi connectivity index (χ3n) is 4.49. The number of fused-ring (bicyclic) bond motifs is 1. The molecule has 154 valence electrons. The minimum atomic E-state index is -0.449. The van der Waals surface area contributed by atoms with Crippen LogP contribution < -0.4 is 19.5 Å². The van der Waals surface area contributed by atoms with E-state index in [9.17, 15) is 4.39 Å². The first-order valence-corrected chi connectivity index (χ1v) is 10.1. The molecule has 1 N–H and O–H groups in total. The lowest BCUT2D eigenvalue weighted by Gasteiger charge is -2.14. The van der Waals surface area contributed by atoms with Crippen LogP contribution in [0.1, 0.15) is 19.3 Å². The van der Waals surface area contributed by atoms with Crippen molar-refractivity contribution in [2.45, 2.75) is 19.3 Å². The molecule has 1 heterocycles. The van der Waals surface area contributed by atoms with Crippen molar-refractivity contribution in [1.29, 1.82) is 0 Å². The minimum Gasteiger partial charge on any atom is -0.493 e. The van der Waals surface area contributed by atoms with Gasteiger partial charge in [-0.15, -0.1) is 0 Å². The minimum absolute atomic E-state index is 0.139. The summed E-state index contributed by atoms with van der Waals surface area (Å²) in [4.78, 5) is 4.40. The summed E-state index contributed by atoms with van der Waals surface area (Å²) in [5.41, 5.74) is 1.35. The normalized spacial score (nSPS) is 10.8. The van der Waals surface area contributed by atoms with Crippen molar-refractivity contribution in [2.24, 2.45) is 0 Å². The average molecular weight is 417 g/mol. The van der Waals surface area contributed by atoms with E-state index in [4.69, 9.17) is 14.2 Å². The van der Waals surface area contributed by atoms with Gasteiger partial charge >= 0.3 is 0 Å². The van der Waals surface area contributed by atoms with Gasteiger partial charge in [-0.1, -0.05) is 0 Å². The molecule has 0 saturated heterocycles. The fourth-order valence-corrected chi connectivity index (χ4v) is 3.14. The van der Waals surface area contributed by atoms with Crippen molar-refractivity contribution in [3.05, 3.63) is 48.4 Å². The molecule has 2 aromatic carbocycles. The predicted molar refractivity (Wildman–Crippen MR) is 118 cm³/mol. The summed E-state index contributed by atoms with van der Waals surface area (Å²) >= 11 is 4.22. The van der Waals surface area contributed by atoms with Gasteiger partial charge in [0.2, 0.25) is 0 Å². The van der Waals surface area contributed by atoms with Crippen LogP contribution in [-0.4, -0.2) is 31.5 Å². The molecule has 29 heavy (non-hydrogen) atoms. The van der Waals surface area contributed by atoms with Gasteiger partial charge in [-0.2, -0.15) is 12.6 Å². The maximum Gasteiger partial charge on any atom is 0.167 e. The van der Waals surface area contributed by atoms with E-state index in [2.05, 4.69) is 22.9 Å². The standard InChI is InChI=1S/C22H25FN2O3S/c1-24-15-6-7-20(17(23)12-15)28-19-8-9-25-18-14-22(21(26-2)13-16(18)19)27-10-4-3-5-11-29/h6-9,12-14,24,29H,3-5,10-11H2,1-2H3. The highest BCUT2D eigenvalue weighted by molar-refractivity contribution is 7.80. The SMILES string of the molecule is CNc1ccc(Oc2ccnc3cc(OCCCCCS)c(OC)cc23)c(F)c1. The second-order valence-corrected chi connectivity index (χ2v) is 6.91. The zero-order chi connectivity index (χ0) is 20.6. The number of aromatic nitrogens is 1. The van der Waals surface area contributed by atoms with Crippen LogP contribution in [0.5, 0.6) is 23.0 Å². The molecule has 5 nitrogen and oxygen atoms in total. The summed E-state index contributed by atoms with van der Waals surface area (Å²) in [7, 11) is 3.32. The first-order chi connectivity index (χ1) is 14.2. The number of benzene rings is 2. The molecule has 0 bridgehead atoms. The Morgan fingerprint density at radius 3 is 2.59 bits per heavy atom. The Hall–Kier alpha value is -2.67. The molecule has 7 heteroatoms.